The molecule has 0 radical (unpaired) electrons. The number of aromatic amines is 1. The van der Waals surface area contributed by atoms with E-state index >= 15 is 0 Å². The van der Waals surface area contributed by atoms with Crippen molar-refractivity contribution in [2.24, 2.45) is 0 Å². The van der Waals surface area contributed by atoms with Gasteiger partial charge in [-0.15, -0.1) is 10.2 Å². The van der Waals surface area contributed by atoms with Crippen LogP contribution in [0.3, 0.4) is 0 Å². The van der Waals surface area contributed by atoms with Crippen molar-refractivity contribution in [3.05, 3.63) is 53.9 Å². The van der Waals surface area contributed by atoms with Crippen LogP contribution in [0.5, 0.6) is 0 Å². The van der Waals surface area contributed by atoms with Crippen molar-refractivity contribution in [2.45, 2.75) is 13.5 Å². The van der Waals surface area contributed by atoms with Gasteiger partial charge in [0.15, 0.2) is 0 Å². The molecule has 2 aromatic heterocycles. The first-order valence-electron chi connectivity index (χ1n) is 6.39. The van der Waals surface area contributed by atoms with Crippen LogP contribution in [-0.2, 0) is 6.54 Å². The van der Waals surface area contributed by atoms with Crippen molar-refractivity contribution in [3.63, 3.8) is 0 Å². The average Bonchev–Trinajstić information content (AvgIpc) is 3.16. The lowest BCUT2D eigenvalue weighted by Crippen LogP contribution is -2.22. The molecule has 1 aromatic carbocycles. The Bertz CT molecular complexity index is 748. The van der Waals surface area contributed by atoms with Gasteiger partial charge in [0.25, 0.3) is 5.91 Å². The molecule has 0 aliphatic rings. The van der Waals surface area contributed by atoms with Crippen molar-refractivity contribution < 1.29 is 9.21 Å². The van der Waals surface area contributed by atoms with Gasteiger partial charge in [-0.25, -0.2) is 0 Å². The minimum absolute atomic E-state index is 0.202. The van der Waals surface area contributed by atoms with E-state index in [2.05, 4.69) is 25.7 Å². The molecule has 7 nitrogen and oxygen atoms in total. The fourth-order valence-corrected chi connectivity index (χ4v) is 1.91. The Morgan fingerprint density at radius 1 is 1.33 bits per heavy atom. The lowest BCUT2D eigenvalue weighted by molar-refractivity contribution is 0.0947. The van der Waals surface area contributed by atoms with Gasteiger partial charge in [0.1, 0.15) is 0 Å². The molecular formula is C14H13N5O2. The Balaban J connectivity index is 1.71. The van der Waals surface area contributed by atoms with Gasteiger partial charge in [0.05, 0.1) is 12.2 Å². The second kappa shape index (κ2) is 5.58. The molecule has 0 saturated heterocycles. The molecule has 0 saturated carbocycles. The zero-order valence-corrected chi connectivity index (χ0v) is 11.3. The van der Waals surface area contributed by atoms with Crippen LogP contribution in [0.4, 0.5) is 0 Å². The number of hydrogen-bond donors (Lipinski definition) is 2. The van der Waals surface area contributed by atoms with Crippen LogP contribution in [0, 0.1) is 6.92 Å². The smallest absolute Gasteiger partial charge is 0.251 e. The first-order valence-corrected chi connectivity index (χ1v) is 6.39. The van der Waals surface area contributed by atoms with E-state index in [1.54, 1.807) is 25.3 Å². The number of carbonyl (C=O) groups is 1. The maximum Gasteiger partial charge on any atom is 0.251 e. The molecule has 0 bridgehead atoms. The first kappa shape index (κ1) is 13.0. The zero-order chi connectivity index (χ0) is 14.7. The number of hydrogen-bond acceptors (Lipinski definition) is 5. The highest BCUT2D eigenvalue weighted by Gasteiger charge is 2.09. The van der Waals surface area contributed by atoms with Gasteiger partial charge in [-0.05, 0) is 18.2 Å². The minimum atomic E-state index is -0.202. The van der Waals surface area contributed by atoms with Crippen LogP contribution in [0.15, 0.2) is 40.9 Å². The second-order valence-corrected chi connectivity index (χ2v) is 4.45. The van der Waals surface area contributed by atoms with Crippen molar-refractivity contribution in [1.82, 2.24) is 25.7 Å². The minimum Gasteiger partial charge on any atom is -0.424 e. The summed E-state index contributed by atoms with van der Waals surface area (Å²) in [6.45, 7) is 1.90. The summed E-state index contributed by atoms with van der Waals surface area (Å²) in [4.78, 5) is 12.1. The highest BCUT2D eigenvalue weighted by Crippen LogP contribution is 2.17. The van der Waals surface area contributed by atoms with E-state index in [9.17, 15) is 4.79 Å². The van der Waals surface area contributed by atoms with Crippen LogP contribution in [0.1, 0.15) is 22.1 Å². The molecule has 7 heteroatoms. The Labute approximate surface area is 120 Å². The predicted molar refractivity (Wildman–Crippen MR) is 74.2 cm³/mol. The molecular weight excluding hydrogens is 270 g/mol. The standard InChI is InChI=1S/C14H13N5O2/c1-9-17-19-13(21-9)8-15-14(20)11-4-2-3-10(7-11)12-5-6-16-18-12/h2-7H,8H2,1H3,(H,15,20)(H,16,18). The van der Waals surface area contributed by atoms with Crippen LogP contribution in [-0.4, -0.2) is 26.3 Å². The van der Waals surface area contributed by atoms with Crippen LogP contribution in [0.25, 0.3) is 11.3 Å². The summed E-state index contributed by atoms with van der Waals surface area (Å²) >= 11 is 0. The summed E-state index contributed by atoms with van der Waals surface area (Å²) in [6.07, 6.45) is 1.67. The molecule has 0 fully saturated rings. The summed E-state index contributed by atoms with van der Waals surface area (Å²) in [7, 11) is 0. The fourth-order valence-electron chi connectivity index (χ4n) is 1.91. The maximum absolute atomic E-state index is 12.1. The van der Waals surface area contributed by atoms with Crippen LogP contribution < -0.4 is 5.32 Å². The van der Waals surface area contributed by atoms with Crippen molar-refractivity contribution >= 4 is 5.91 Å². The molecule has 0 atom stereocenters. The first-order chi connectivity index (χ1) is 10.2. The fraction of sp³-hybridized carbons (Fsp3) is 0.143. The van der Waals surface area contributed by atoms with Gasteiger partial charge < -0.3 is 9.73 Å². The van der Waals surface area contributed by atoms with E-state index in [0.29, 0.717) is 17.3 Å². The predicted octanol–water partition coefficient (Wildman–Crippen LogP) is 1.70. The molecule has 0 aliphatic carbocycles. The molecule has 1 amide bonds. The van der Waals surface area contributed by atoms with Gasteiger partial charge in [-0.1, -0.05) is 12.1 Å². The number of amides is 1. The molecule has 2 heterocycles. The summed E-state index contributed by atoms with van der Waals surface area (Å²) < 4.78 is 5.20. The van der Waals surface area contributed by atoms with E-state index < -0.39 is 0 Å². The number of benzene rings is 1. The van der Waals surface area contributed by atoms with Gasteiger partial charge in [-0.2, -0.15) is 5.10 Å². The molecule has 0 aliphatic heterocycles. The number of H-pyrrole nitrogens is 1. The highest BCUT2D eigenvalue weighted by molar-refractivity contribution is 5.95. The third-order valence-corrected chi connectivity index (χ3v) is 2.90. The number of nitrogens with one attached hydrogen (secondary N) is 2. The van der Waals surface area contributed by atoms with Crippen molar-refractivity contribution in [1.29, 1.82) is 0 Å². The average molecular weight is 283 g/mol. The van der Waals surface area contributed by atoms with E-state index in [4.69, 9.17) is 4.42 Å². The molecule has 0 unspecified atom stereocenters. The molecule has 0 spiro atoms. The van der Waals surface area contributed by atoms with Crippen molar-refractivity contribution in [3.8, 4) is 11.3 Å². The zero-order valence-electron chi connectivity index (χ0n) is 11.3. The number of rotatable bonds is 4. The maximum atomic E-state index is 12.1. The summed E-state index contributed by atoms with van der Waals surface area (Å²) in [5.41, 5.74) is 2.31. The molecule has 106 valence electrons. The van der Waals surface area contributed by atoms with E-state index in [-0.39, 0.29) is 12.5 Å². The third kappa shape index (κ3) is 2.97. The molecule has 2 N–H and O–H groups in total. The normalized spacial score (nSPS) is 10.5. The van der Waals surface area contributed by atoms with E-state index in [1.807, 2.05) is 18.2 Å². The summed E-state index contributed by atoms with van der Waals surface area (Å²) in [6, 6.07) is 9.11. The quantitative estimate of drug-likeness (QED) is 0.759. The summed E-state index contributed by atoms with van der Waals surface area (Å²) in [5, 5.41) is 17.0. The number of aromatic nitrogens is 4. The van der Waals surface area contributed by atoms with Crippen molar-refractivity contribution in [2.75, 3.05) is 0 Å². The van der Waals surface area contributed by atoms with E-state index in [1.165, 1.54) is 0 Å². The highest BCUT2D eigenvalue weighted by atomic mass is 16.4. The Hall–Kier alpha value is -2.96. The van der Waals surface area contributed by atoms with E-state index in [0.717, 1.165) is 11.3 Å². The Morgan fingerprint density at radius 3 is 2.95 bits per heavy atom. The lowest BCUT2D eigenvalue weighted by Gasteiger charge is -2.04. The Morgan fingerprint density at radius 2 is 2.24 bits per heavy atom. The van der Waals surface area contributed by atoms with Crippen LogP contribution in [0.2, 0.25) is 0 Å². The third-order valence-electron chi connectivity index (χ3n) is 2.90. The molecule has 3 aromatic rings. The van der Waals surface area contributed by atoms with Gasteiger partial charge in [0, 0.05) is 24.2 Å². The topological polar surface area (TPSA) is 96.7 Å². The second-order valence-electron chi connectivity index (χ2n) is 4.45. The van der Waals surface area contributed by atoms with Crippen LogP contribution >= 0.6 is 0 Å². The largest absolute Gasteiger partial charge is 0.424 e. The lowest BCUT2D eigenvalue weighted by atomic mass is 10.1. The number of carbonyl (C=O) groups excluding carboxylic acids is 1. The SMILES string of the molecule is Cc1nnc(CNC(=O)c2cccc(-c3ccn[nH]3)c2)o1. The Kier molecular flexibility index (Phi) is 3.46. The number of aryl methyl sites for hydroxylation is 1. The van der Waals surface area contributed by atoms with Gasteiger partial charge in [-0.3, -0.25) is 9.89 Å². The monoisotopic (exact) mass is 283 g/mol. The summed E-state index contributed by atoms with van der Waals surface area (Å²) in [5.74, 6) is 0.651. The van der Waals surface area contributed by atoms with Gasteiger partial charge in [0.2, 0.25) is 11.8 Å². The molecule has 3 rings (SSSR count). The number of nitrogens with zero attached hydrogens (tertiary/aromatic N) is 3. The van der Waals surface area contributed by atoms with Gasteiger partial charge >= 0.3 is 0 Å². The molecule has 21 heavy (non-hydrogen) atoms.